The van der Waals surface area contributed by atoms with Gasteiger partial charge in [-0.05, 0) is 35.4 Å². The maximum atomic E-state index is 10.2. The summed E-state index contributed by atoms with van der Waals surface area (Å²) < 4.78 is 13.3. The van der Waals surface area contributed by atoms with Gasteiger partial charge in [-0.1, -0.05) is 56.1 Å². The molecule has 2 atom stereocenters. The van der Waals surface area contributed by atoms with Gasteiger partial charge in [-0.25, -0.2) is 4.98 Å². The number of imidazole rings is 1. The Balaban J connectivity index is 1.68. The normalized spacial score (nSPS) is 13.5. The minimum Gasteiger partial charge on any atom is -0.492 e. The number of rotatable bonds is 11. The number of aliphatic hydroxyl groups excluding tert-OH is 1. The van der Waals surface area contributed by atoms with E-state index in [1.807, 2.05) is 43.3 Å². The highest BCUT2D eigenvalue weighted by Crippen LogP contribution is 2.38. The summed E-state index contributed by atoms with van der Waals surface area (Å²) in [6.07, 6.45) is 4.43. The average Bonchev–Trinajstić information content (AvgIpc) is 3.30. The molecule has 8 heteroatoms. The molecule has 33 heavy (non-hydrogen) atoms. The largest absolute Gasteiger partial charge is 0.492 e. The fourth-order valence-corrected chi connectivity index (χ4v) is 3.89. The fourth-order valence-electron chi connectivity index (χ4n) is 3.33. The van der Waals surface area contributed by atoms with E-state index in [4.69, 9.17) is 44.3 Å². The molecule has 178 valence electrons. The first-order valence-corrected chi connectivity index (χ1v) is 12.0. The van der Waals surface area contributed by atoms with E-state index in [0.717, 1.165) is 11.1 Å². The van der Waals surface area contributed by atoms with Crippen LogP contribution in [0.1, 0.15) is 31.9 Å². The van der Waals surface area contributed by atoms with Gasteiger partial charge in [-0.15, -0.1) is 11.6 Å². The van der Waals surface area contributed by atoms with Gasteiger partial charge in [0, 0.05) is 29.6 Å². The van der Waals surface area contributed by atoms with Crippen LogP contribution in [-0.2, 0) is 12.0 Å². The summed E-state index contributed by atoms with van der Waals surface area (Å²) in [5, 5.41) is 11.2. The molecule has 0 aliphatic heterocycles. The van der Waals surface area contributed by atoms with Crippen molar-refractivity contribution in [2.24, 2.45) is 5.92 Å². The van der Waals surface area contributed by atoms with Crippen LogP contribution in [0.3, 0.4) is 0 Å². The van der Waals surface area contributed by atoms with Gasteiger partial charge in [-0.3, -0.25) is 0 Å². The second-order valence-electron chi connectivity index (χ2n) is 8.71. The summed E-state index contributed by atoms with van der Waals surface area (Å²) in [5.74, 6) is 1.95. The van der Waals surface area contributed by atoms with Gasteiger partial charge in [0.05, 0.1) is 29.5 Å². The van der Waals surface area contributed by atoms with Crippen LogP contribution in [0.2, 0.25) is 10.0 Å². The highest BCUT2D eigenvalue weighted by molar-refractivity contribution is 6.32. The molecule has 0 radical (unpaired) electrons. The number of alkyl halides is 1. The molecule has 0 spiro atoms. The van der Waals surface area contributed by atoms with Crippen LogP contribution in [0.15, 0.2) is 55.1 Å². The molecular weight excluding hydrogens is 483 g/mol. The van der Waals surface area contributed by atoms with Gasteiger partial charge in [0.25, 0.3) is 0 Å². The second kappa shape index (κ2) is 11.5. The zero-order valence-electron chi connectivity index (χ0n) is 19.0. The van der Waals surface area contributed by atoms with Crippen LogP contribution in [-0.4, -0.2) is 39.9 Å². The molecule has 0 fully saturated rings. The van der Waals surface area contributed by atoms with E-state index in [0.29, 0.717) is 40.6 Å². The van der Waals surface area contributed by atoms with Crippen molar-refractivity contribution in [2.75, 3.05) is 19.1 Å². The van der Waals surface area contributed by atoms with Gasteiger partial charge in [-0.2, -0.15) is 0 Å². The van der Waals surface area contributed by atoms with Gasteiger partial charge < -0.3 is 19.1 Å². The zero-order chi connectivity index (χ0) is 24.0. The number of hydrogen-bond acceptors (Lipinski definition) is 4. The SMILES string of the molecule is C[C@@H](CCl)COc1ccc(C(C)(C)c2ccc(OC[C@@H](O)Cn3ccnc3)c(Cl)c2)cc1Cl. The molecule has 0 saturated carbocycles. The van der Waals surface area contributed by atoms with Crippen LogP contribution in [0, 0.1) is 5.92 Å². The summed E-state index contributed by atoms with van der Waals surface area (Å²) in [6.45, 7) is 7.27. The molecule has 5 nitrogen and oxygen atoms in total. The Morgan fingerprint density at radius 3 is 2.06 bits per heavy atom. The van der Waals surface area contributed by atoms with Crippen molar-refractivity contribution in [2.45, 2.75) is 38.8 Å². The van der Waals surface area contributed by atoms with Crippen LogP contribution in [0.4, 0.5) is 0 Å². The standard InChI is InChI=1S/C25H29Cl3N2O3/c1-17(12-26)14-32-23-6-4-18(10-21(23)27)25(2,3)19-5-7-24(22(28)11-19)33-15-20(31)13-30-9-8-29-16-30/h4-11,16-17,20,31H,12-15H2,1-3H3/t17-,20-/m0/s1. The summed E-state index contributed by atoms with van der Waals surface area (Å²) >= 11 is 18.9. The van der Waals surface area contributed by atoms with Crippen LogP contribution in [0.5, 0.6) is 11.5 Å². The van der Waals surface area contributed by atoms with Crippen molar-refractivity contribution >= 4 is 34.8 Å². The Bertz CT molecular complexity index is 1040. The van der Waals surface area contributed by atoms with E-state index < -0.39 is 6.10 Å². The molecule has 0 saturated heterocycles. The van der Waals surface area contributed by atoms with Crippen LogP contribution in [0.25, 0.3) is 0 Å². The molecule has 3 aromatic rings. The number of aromatic nitrogens is 2. The van der Waals surface area contributed by atoms with Crippen molar-refractivity contribution in [1.29, 1.82) is 0 Å². The topological polar surface area (TPSA) is 56.5 Å². The molecule has 1 heterocycles. The van der Waals surface area contributed by atoms with Gasteiger partial charge in [0.15, 0.2) is 0 Å². The van der Waals surface area contributed by atoms with E-state index in [1.54, 1.807) is 23.3 Å². The minimum atomic E-state index is -0.679. The Hall–Kier alpha value is -1.92. The highest BCUT2D eigenvalue weighted by Gasteiger charge is 2.25. The zero-order valence-corrected chi connectivity index (χ0v) is 21.2. The smallest absolute Gasteiger partial charge is 0.138 e. The van der Waals surface area contributed by atoms with Crippen molar-refractivity contribution in [3.8, 4) is 11.5 Å². The first kappa shape index (κ1) is 25.7. The minimum absolute atomic E-state index is 0.125. The Morgan fingerprint density at radius 2 is 1.58 bits per heavy atom. The van der Waals surface area contributed by atoms with E-state index in [-0.39, 0.29) is 17.9 Å². The molecule has 0 unspecified atom stereocenters. The molecule has 3 rings (SSSR count). The maximum absolute atomic E-state index is 10.2. The van der Waals surface area contributed by atoms with Gasteiger partial charge in [0.1, 0.15) is 24.2 Å². The van der Waals surface area contributed by atoms with Crippen molar-refractivity contribution in [1.82, 2.24) is 9.55 Å². The lowest BCUT2D eigenvalue weighted by Crippen LogP contribution is -2.23. The van der Waals surface area contributed by atoms with E-state index >= 15 is 0 Å². The monoisotopic (exact) mass is 510 g/mol. The summed E-state index contributed by atoms with van der Waals surface area (Å²) in [5.41, 5.74) is 1.69. The lowest BCUT2D eigenvalue weighted by atomic mass is 9.78. The molecular formula is C25H29Cl3N2O3. The second-order valence-corrected chi connectivity index (χ2v) is 9.83. The van der Waals surface area contributed by atoms with E-state index in [1.165, 1.54) is 0 Å². The molecule has 1 N–H and O–H groups in total. The molecule has 1 aromatic heterocycles. The quantitative estimate of drug-likeness (QED) is 0.311. The van der Waals surface area contributed by atoms with E-state index in [9.17, 15) is 5.11 Å². The number of ether oxygens (including phenoxy) is 2. The van der Waals surface area contributed by atoms with E-state index in [2.05, 4.69) is 18.8 Å². The van der Waals surface area contributed by atoms with Crippen molar-refractivity contribution in [3.63, 3.8) is 0 Å². The van der Waals surface area contributed by atoms with Crippen molar-refractivity contribution < 1.29 is 14.6 Å². The maximum Gasteiger partial charge on any atom is 0.138 e. The Morgan fingerprint density at radius 1 is 1.00 bits per heavy atom. The molecule has 0 aliphatic carbocycles. The highest BCUT2D eigenvalue weighted by atomic mass is 35.5. The van der Waals surface area contributed by atoms with Crippen LogP contribution >= 0.6 is 34.8 Å². The molecule has 0 amide bonds. The molecule has 0 bridgehead atoms. The lowest BCUT2D eigenvalue weighted by molar-refractivity contribution is 0.0925. The Kier molecular flexibility index (Phi) is 8.94. The number of aliphatic hydroxyl groups is 1. The summed E-state index contributed by atoms with van der Waals surface area (Å²) in [4.78, 5) is 3.96. The number of hydrogen-bond donors (Lipinski definition) is 1. The van der Waals surface area contributed by atoms with Crippen LogP contribution < -0.4 is 9.47 Å². The number of halogens is 3. The number of benzene rings is 2. The number of nitrogens with zero attached hydrogens (tertiary/aromatic N) is 2. The average molecular weight is 512 g/mol. The molecule has 0 aliphatic rings. The Labute approximate surface area is 210 Å². The predicted molar refractivity (Wildman–Crippen MR) is 134 cm³/mol. The third-order valence-corrected chi connectivity index (χ3v) is 6.62. The summed E-state index contributed by atoms with van der Waals surface area (Å²) in [7, 11) is 0. The van der Waals surface area contributed by atoms with Gasteiger partial charge in [0.2, 0.25) is 0 Å². The third-order valence-electron chi connectivity index (χ3n) is 5.51. The first-order chi connectivity index (χ1) is 15.7. The van der Waals surface area contributed by atoms with Crippen molar-refractivity contribution in [3.05, 3.63) is 76.3 Å². The first-order valence-electron chi connectivity index (χ1n) is 10.8. The van der Waals surface area contributed by atoms with Gasteiger partial charge >= 0.3 is 0 Å². The lowest BCUT2D eigenvalue weighted by Gasteiger charge is -2.27. The third kappa shape index (κ3) is 6.80. The molecule has 2 aromatic carbocycles. The fraction of sp³-hybridized carbons (Fsp3) is 0.400. The summed E-state index contributed by atoms with van der Waals surface area (Å²) in [6, 6.07) is 11.5. The predicted octanol–water partition coefficient (Wildman–Crippen LogP) is 6.21.